The smallest absolute Gasteiger partial charge is 0.266 e. The van der Waals surface area contributed by atoms with Crippen LogP contribution in [-0.2, 0) is 4.79 Å². The fourth-order valence-corrected chi connectivity index (χ4v) is 5.99. The lowest BCUT2D eigenvalue weighted by Gasteiger charge is -2.14. The highest BCUT2D eigenvalue weighted by Crippen LogP contribution is 2.35. The Hall–Kier alpha value is -2.42. The highest BCUT2D eigenvalue weighted by Gasteiger charge is 2.32. The van der Waals surface area contributed by atoms with E-state index >= 15 is 0 Å². The molecule has 0 unspecified atom stereocenters. The molecule has 3 heterocycles. The van der Waals surface area contributed by atoms with Crippen molar-refractivity contribution in [3.8, 4) is 0 Å². The van der Waals surface area contributed by atoms with Crippen LogP contribution in [-0.4, -0.2) is 31.1 Å². The molecule has 4 rings (SSSR count). The van der Waals surface area contributed by atoms with Crippen LogP contribution in [0.3, 0.4) is 0 Å². The van der Waals surface area contributed by atoms with Crippen LogP contribution in [0.25, 0.3) is 11.7 Å². The maximum absolute atomic E-state index is 13.5. The number of rotatable bonds is 9. The SMILES string of the molecule is CCCCCCCN1C(=O)/C(=C\c2c(Sc3ccccc3)nc3c(C)cccn3c2=O)SC1=S. The largest absolute Gasteiger partial charge is 0.293 e. The molecule has 0 atom stereocenters. The van der Waals surface area contributed by atoms with Crippen molar-refractivity contribution in [3.05, 3.63) is 75.0 Å². The number of fused-ring (bicyclic) bond motifs is 1. The second kappa shape index (κ2) is 11.3. The van der Waals surface area contributed by atoms with Gasteiger partial charge in [0.05, 0.1) is 10.5 Å². The predicted octanol–water partition coefficient (Wildman–Crippen LogP) is 6.33. The van der Waals surface area contributed by atoms with E-state index in [0.29, 0.717) is 32.0 Å². The number of aromatic nitrogens is 2. The van der Waals surface area contributed by atoms with Crippen LogP contribution in [0.2, 0.25) is 0 Å². The Morgan fingerprint density at radius 2 is 1.82 bits per heavy atom. The van der Waals surface area contributed by atoms with Crippen molar-refractivity contribution in [2.75, 3.05) is 6.54 Å². The molecular weight excluding hydrogens is 483 g/mol. The summed E-state index contributed by atoms with van der Waals surface area (Å²) < 4.78 is 2.10. The lowest BCUT2D eigenvalue weighted by Crippen LogP contribution is -2.29. The molecule has 8 heteroatoms. The zero-order valence-electron chi connectivity index (χ0n) is 19.3. The minimum Gasteiger partial charge on any atom is -0.293 e. The zero-order chi connectivity index (χ0) is 24.1. The molecule has 34 heavy (non-hydrogen) atoms. The fourth-order valence-electron chi connectivity index (χ4n) is 3.79. The number of amides is 1. The Labute approximate surface area is 213 Å². The lowest BCUT2D eigenvalue weighted by atomic mass is 10.1. The Bertz CT molecular complexity index is 1300. The molecule has 0 radical (unpaired) electrons. The summed E-state index contributed by atoms with van der Waals surface area (Å²) in [7, 11) is 0. The molecule has 1 aliphatic heterocycles. The van der Waals surface area contributed by atoms with Crippen LogP contribution in [0.15, 0.2) is 68.3 Å². The van der Waals surface area contributed by atoms with Crippen molar-refractivity contribution in [1.82, 2.24) is 14.3 Å². The molecular formula is C26H27N3O2S3. The molecule has 1 saturated heterocycles. The molecule has 0 spiro atoms. The Morgan fingerprint density at radius 1 is 1.06 bits per heavy atom. The first-order valence-electron chi connectivity index (χ1n) is 11.5. The van der Waals surface area contributed by atoms with Gasteiger partial charge in [-0.15, -0.1) is 0 Å². The number of carbonyl (C=O) groups is 1. The molecule has 0 N–H and O–H groups in total. The highest BCUT2D eigenvalue weighted by atomic mass is 32.2. The summed E-state index contributed by atoms with van der Waals surface area (Å²) in [5, 5.41) is 0.579. The van der Waals surface area contributed by atoms with Gasteiger partial charge >= 0.3 is 0 Å². The summed E-state index contributed by atoms with van der Waals surface area (Å²) >= 11 is 8.18. The summed E-state index contributed by atoms with van der Waals surface area (Å²) in [6.07, 6.45) is 8.95. The van der Waals surface area contributed by atoms with E-state index in [1.54, 1.807) is 21.6 Å². The highest BCUT2D eigenvalue weighted by molar-refractivity contribution is 8.26. The lowest BCUT2D eigenvalue weighted by molar-refractivity contribution is -0.122. The molecule has 2 aromatic heterocycles. The van der Waals surface area contributed by atoms with E-state index in [-0.39, 0.29) is 11.5 Å². The summed E-state index contributed by atoms with van der Waals surface area (Å²) in [6, 6.07) is 13.6. The Morgan fingerprint density at radius 3 is 2.59 bits per heavy atom. The third-order valence-electron chi connectivity index (χ3n) is 5.64. The number of benzene rings is 1. The van der Waals surface area contributed by atoms with E-state index in [1.165, 1.54) is 42.8 Å². The number of thiocarbonyl (C=S) groups is 1. The maximum atomic E-state index is 13.5. The first-order chi connectivity index (χ1) is 16.5. The third-order valence-corrected chi connectivity index (χ3v) is 8.03. The maximum Gasteiger partial charge on any atom is 0.266 e. The topological polar surface area (TPSA) is 54.7 Å². The number of hydrogen-bond donors (Lipinski definition) is 0. The van der Waals surface area contributed by atoms with Crippen LogP contribution in [0.4, 0.5) is 0 Å². The van der Waals surface area contributed by atoms with Gasteiger partial charge in [0.2, 0.25) is 0 Å². The van der Waals surface area contributed by atoms with Crippen molar-refractivity contribution < 1.29 is 4.79 Å². The van der Waals surface area contributed by atoms with Gasteiger partial charge in [0, 0.05) is 17.6 Å². The van der Waals surface area contributed by atoms with E-state index in [4.69, 9.17) is 17.2 Å². The van der Waals surface area contributed by atoms with Crippen molar-refractivity contribution in [2.24, 2.45) is 0 Å². The van der Waals surface area contributed by atoms with E-state index in [9.17, 15) is 9.59 Å². The number of aryl methyl sites for hydroxylation is 1. The standard InChI is InChI=1S/C26H27N3O2S3/c1-3-4-5-6-10-15-29-25(31)21(34-26(29)32)17-20-23(33-19-13-8-7-9-14-19)27-22-18(2)12-11-16-28(22)24(20)30/h7-9,11-14,16-17H,3-6,10,15H2,1-2H3/b21-17+. The Balaban J connectivity index is 1.69. The molecule has 176 valence electrons. The first-order valence-corrected chi connectivity index (χ1v) is 13.5. The predicted molar refractivity (Wildman–Crippen MR) is 145 cm³/mol. The quantitative estimate of drug-likeness (QED) is 0.145. The second-order valence-corrected chi connectivity index (χ2v) is 10.9. The van der Waals surface area contributed by atoms with Gasteiger partial charge in [-0.2, -0.15) is 0 Å². The molecule has 0 saturated carbocycles. The number of thioether (sulfide) groups is 1. The van der Waals surface area contributed by atoms with Gasteiger partial charge in [-0.25, -0.2) is 4.98 Å². The minimum absolute atomic E-state index is 0.130. The van der Waals surface area contributed by atoms with Gasteiger partial charge in [-0.05, 0) is 43.2 Å². The van der Waals surface area contributed by atoms with Crippen molar-refractivity contribution >= 4 is 57.7 Å². The van der Waals surface area contributed by atoms with Crippen LogP contribution >= 0.6 is 35.7 Å². The summed E-state index contributed by atoms with van der Waals surface area (Å²) in [5.41, 5.74) is 1.73. The van der Waals surface area contributed by atoms with Crippen molar-refractivity contribution in [1.29, 1.82) is 0 Å². The van der Waals surface area contributed by atoms with Crippen molar-refractivity contribution in [2.45, 2.75) is 55.9 Å². The number of pyridine rings is 1. The summed E-state index contributed by atoms with van der Waals surface area (Å²) in [5.74, 6) is -0.130. The van der Waals surface area contributed by atoms with Gasteiger partial charge in [0.25, 0.3) is 11.5 Å². The second-order valence-electron chi connectivity index (χ2n) is 8.18. The molecule has 0 bridgehead atoms. The molecule has 1 fully saturated rings. The summed E-state index contributed by atoms with van der Waals surface area (Å²) in [4.78, 5) is 34.6. The van der Waals surface area contributed by atoms with Crippen LogP contribution in [0, 0.1) is 6.92 Å². The molecule has 3 aromatic rings. The normalized spacial score (nSPS) is 15.1. The van der Waals surface area contributed by atoms with E-state index in [2.05, 4.69) is 6.92 Å². The van der Waals surface area contributed by atoms with E-state index < -0.39 is 0 Å². The van der Waals surface area contributed by atoms with Gasteiger partial charge in [0.15, 0.2) is 0 Å². The van der Waals surface area contributed by atoms with Crippen LogP contribution in [0.1, 0.15) is 50.2 Å². The number of unbranched alkanes of at least 4 members (excludes halogenated alkanes) is 4. The average molecular weight is 510 g/mol. The fraction of sp³-hybridized carbons (Fsp3) is 0.308. The number of nitrogens with zero attached hydrogens (tertiary/aromatic N) is 3. The van der Waals surface area contributed by atoms with E-state index in [0.717, 1.165) is 23.3 Å². The molecule has 5 nitrogen and oxygen atoms in total. The Kier molecular flexibility index (Phi) is 8.24. The third kappa shape index (κ3) is 5.45. The molecule has 1 amide bonds. The van der Waals surface area contributed by atoms with Gasteiger partial charge in [-0.3, -0.25) is 18.9 Å². The minimum atomic E-state index is -0.197. The molecule has 1 aliphatic rings. The van der Waals surface area contributed by atoms with Gasteiger partial charge in [-0.1, -0.05) is 92.6 Å². The zero-order valence-corrected chi connectivity index (χ0v) is 21.8. The first kappa shape index (κ1) is 24.7. The van der Waals surface area contributed by atoms with E-state index in [1.807, 2.05) is 49.4 Å². The number of carbonyl (C=O) groups excluding carboxylic acids is 1. The van der Waals surface area contributed by atoms with Gasteiger partial charge < -0.3 is 0 Å². The monoisotopic (exact) mass is 509 g/mol. The van der Waals surface area contributed by atoms with Crippen LogP contribution < -0.4 is 5.56 Å². The molecule has 0 aliphatic carbocycles. The van der Waals surface area contributed by atoms with Crippen molar-refractivity contribution in [3.63, 3.8) is 0 Å². The molecule has 1 aromatic carbocycles. The number of hydrogen-bond acceptors (Lipinski definition) is 6. The average Bonchev–Trinajstić information content (AvgIpc) is 3.10. The van der Waals surface area contributed by atoms with Crippen LogP contribution in [0.5, 0.6) is 0 Å². The summed E-state index contributed by atoms with van der Waals surface area (Å²) in [6.45, 7) is 4.73. The van der Waals surface area contributed by atoms with Gasteiger partial charge in [0.1, 0.15) is 15.0 Å².